The van der Waals surface area contributed by atoms with Crippen molar-refractivity contribution in [2.45, 2.75) is 13.5 Å². The van der Waals surface area contributed by atoms with Crippen LogP contribution in [0.4, 0.5) is 0 Å². The lowest BCUT2D eigenvalue weighted by Gasteiger charge is -2.03. The SMILES string of the molecule is Cc1nn(C)cc1CNC(=O)c1cc(Cl)ccn1. The van der Waals surface area contributed by atoms with E-state index in [-0.39, 0.29) is 5.91 Å². The number of hydrogen-bond acceptors (Lipinski definition) is 3. The molecule has 2 heterocycles. The maximum Gasteiger partial charge on any atom is 0.270 e. The number of rotatable bonds is 3. The first-order chi connectivity index (χ1) is 8.56. The normalized spacial score (nSPS) is 10.4. The van der Waals surface area contributed by atoms with E-state index < -0.39 is 0 Å². The van der Waals surface area contributed by atoms with Crippen LogP contribution in [0.15, 0.2) is 24.5 Å². The van der Waals surface area contributed by atoms with E-state index in [1.165, 1.54) is 12.3 Å². The fourth-order valence-corrected chi connectivity index (χ4v) is 1.78. The van der Waals surface area contributed by atoms with E-state index in [4.69, 9.17) is 11.6 Å². The average Bonchev–Trinajstić information content (AvgIpc) is 2.65. The first kappa shape index (κ1) is 12.6. The van der Waals surface area contributed by atoms with Gasteiger partial charge in [-0.1, -0.05) is 11.6 Å². The maximum absolute atomic E-state index is 11.8. The highest BCUT2D eigenvalue weighted by atomic mass is 35.5. The third-order valence-corrected chi connectivity index (χ3v) is 2.74. The quantitative estimate of drug-likeness (QED) is 0.918. The maximum atomic E-state index is 11.8. The Labute approximate surface area is 110 Å². The predicted octanol–water partition coefficient (Wildman–Crippen LogP) is 1.71. The highest BCUT2D eigenvalue weighted by molar-refractivity contribution is 6.30. The van der Waals surface area contributed by atoms with Gasteiger partial charge in [-0.05, 0) is 19.1 Å². The van der Waals surface area contributed by atoms with E-state index >= 15 is 0 Å². The van der Waals surface area contributed by atoms with Crippen molar-refractivity contribution in [3.05, 3.63) is 46.5 Å². The van der Waals surface area contributed by atoms with E-state index in [0.717, 1.165) is 11.3 Å². The second-order valence-corrected chi connectivity index (χ2v) is 4.39. The Hall–Kier alpha value is -1.88. The summed E-state index contributed by atoms with van der Waals surface area (Å²) < 4.78 is 1.72. The molecule has 0 bridgehead atoms. The number of pyridine rings is 1. The van der Waals surface area contributed by atoms with Gasteiger partial charge in [0.15, 0.2) is 0 Å². The molecule has 94 valence electrons. The average molecular weight is 265 g/mol. The van der Waals surface area contributed by atoms with Crippen LogP contribution >= 0.6 is 11.6 Å². The van der Waals surface area contributed by atoms with Gasteiger partial charge in [-0.15, -0.1) is 0 Å². The second-order valence-electron chi connectivity index (χ2n) is 3.96. The van der Waals surface area contributed by atoms with Crippen molar-refractivity contribution >= 4 is 17.5 Å². The van der Waals surface area contributed by atoms with Gasteiger partial charge >= 0.3 is 0 Å². The van der Waals surface area contributed by atoms with Crippen molar-refractivity contribution in [2.75, 3.05) is 0 Å². The van der Waals surface area contributed by atoms with Crippen LogP contribution in [0.25, 0.3) is 0 Å². The van der Waals surface area contributed by atoms with Gasteiger partial charge in [0.05, 0.1) is 5.69 Å². The molecule has 0 saturated carbocycles. The number of amides is 1. The lowest BCUT2D eigenvalue weighted by atomic mass is 10.2. The summed E-state index contributed by atoms with van der Waals surface area (Å²) in [6.45, 7) is 2.33. The van der Waals surface area contributed by atoms with Crippen molar-refractivity contribution in [3.8, 4) is 0 Å². The van der Waals surface area contributed by atoms with Crippen LogP contribution in [0.3, 0.4) is 0 Å². The first-order valence-corrected chi connectivity index (χ1v) is 5.83. The minimum atomic E-state index is -0.249. The molecule has 5 nitrogen and oxygen atoms in total. The van der Waals surface area contributed by atoms with Crippen LogP contribution in [0.1, 0.15) is 21.7 Å². The highest BCUT2D eigenvalue weighted by Gasteiger charge is 2.09. The van der Waals surface area contributed by atoms with Gasteiger partial charge in [0.1, 0.15) is 5.69 Å². The molecule has 2 aromatic heterocycles. The minimum Gasteiger partial charge on any atom is -0.346 e. The fourth-order valence-electron chi connectivity index (χ4n) is 1.62. The number of halogens is 1. The molecule has 0 radical (unpaired) electrons. The zero-order valence-electron chi connectivity index (χ0n) is 10.1. The Morgan fingerprint density at radius 2 is 2.33 bits per heavy atom. The summed E-state index contributed by atoms with van der Waals surface area (Å²) in [5.41, 5.74) is 2.19. The molecule has 0 aliphatic heterocycles. The molecule has 0 aliphatic carbocycles. The third-order valence-electron chi connectivity index (χ3n) is 2.51. The monoisotopic (exact) mass is 264 g/mol. The molecule has 0 spiro atoms. The van der Waals surface area contributed by atoms with E-state index in [0.29, 0.717) is 17.3 Å². The predicted molar refractivity (Wildman–Crippen MR) is 68.4 cm³/mol. The zero-order chi connectivity index (χ0) is 13.1. The molecule has 2 aromatic rings. The van der Waals surface area contributed by atoms with E-state index in [9.17, 15) is 4.79 Å². The van der Waals surface area contributed by atoms with E-state index in [1.54, 1.807) is 10.7 Å². The Morgan fingerprint density at radius 1 is 1.56 bits per heavy atom. The third kappa shape index (κ3) is 2.87. The van der Waals surface area contributed by atoms with Crippen molar-refractivity contribution in [1.29, 1.82) is 0 Å². The molecule has 0 aliphatic rings. The smallest absolute Gasteiger partial charge is 0.270 e. The molecule has 2 rings (SSSR count). The summed E-state index contributed by atoms with van der Waals surface area (Å²) in [5.74, 6) is -0.249. The summed E-state index contributed by atoms with van der Waals surface area (Å²) in [5, 5.41) is 7.48. The van der Waals surface area contributed by atoms with Crippen molar-refractivity contribution in [2.24, 2.45) is 7.05 Å². The van der Waals surface area contributed by atoms with Crippen LogP contribution in [0, 0.1) is 6.92 Å². The standard InChI is InChI=1S/C12H13ClN4O/c1-8-9(7-17(2)16-8)6-15-12(18)11-5-10(13)3-4-14-11/h3-5,7H,6H2,1-2H3,(H,15,18). The van der Waals surface area contributed by atoms with Crippen LogP contribution in [-0.2, 0) is 13.6 Å². The summed E-state index contributed by atoms with van der Waals surface area (Å²) in [4.78, 5) is 15.8. The second kappa shape index (κ2) is 5.18. The summed E-state index contributed by atoms with van der Waals surface area (Å²) >= 11 is 5.80. The molecule has 6 heteroatoms. The van der Waals surface area contributed by atoms with Gasteiger partial charge in [-0.25, -0.2) is 0 Å². The summed E-state index contributed by atoms with van der Waals surface area (Å²) in [6.07, 6.45) is 3.38. The Bertz CT molecular complexity index is 579. The van der Waals surface area contributed by atoms with E-state index in [2.05, 4.69) is 15.4 Å². The minimum absolute atomic E-state index is 0.249. The first-order valence-electron chi connectivity index (χ1n) is 5.45. The Kier molecular flexibility index (Phi) is 3.62. The lowest BCUT2D eigenvalue weighted by Crippen LogP contribution is -2.23. The number of hydrogen-bond donors (Lipinski definition) is 1. The fraction of sp³-hybridized carbons (Fsp3) is 0.250. The summed E-state index contributed by atoms with van der Waals surface area (Å²) in [7, 11) is 1.84. The van der Waals surface area contributed by atoms with Crippen molar-refractivity contribution in [3.63, 3.8) is 0 Å². The topological polar surface area (TPSA) is 59.8 Å². The molecular formula is C12H13ClN4O. The zero-order valence-corrected chi connectivity index (χ0v) is 10.9. The number of carbonyl (C=O) groups is 1. The lowest BCUT2D eigenvalue weighted by molar-refractivity contribution is 0.0946. The molecule has 0 atom stereocenters. The highest BCUT2D eigenvalue weighted by Crippen LogP contribution is 2.08. The van der Waals surface area contributed by atoms with Crippen LogP contribution < -0.4 is 5.32 Å². The molecule has 18 heavy (non-hydrogen) atoms. The molecule has 1 N–H and O–H groups in total. The van der Waals surface area contributed by atoms with Gasteiger partial charge in [0.25, 0.3) is 5.91 Å². The number of aromatic nitrogens is 3. The van der Waals surface area contributed by atoms with Crippen molar-refractivity contribution < 1.29 is 4.79 Å². The van der Waals surface area contributed by atoms with Gasteiger partial charge in [0, 0.05) is 36.6 Å². The number of carbonyl (C=O) groups excluding carboxylic acids is 1. The molecule has 0 unspecified atom stereocenters. The molecule has 0 saturated heterocycles. The summed E-state index contributed by atoms with van der Waals surface area (Å²) in [6, 6.07) is 3.16. The number of nitrogens with one attached hydrogen (secondary N) is 1. The number of aryl methyl sites for hydroxylation is 2. The van der Waals surface area contributed by atoms with Gasteiger partial charge in [-0.3, -0.25) is 14.5 Å². The van der Waals surface area contributed by atoms with Crippen LogP contribution in [0.2, 0.25) is 5.02 Å². The Morgan fingerprint density at radius 3 is 2.94 bits per heavy atom. The van der Waals surface area contributed by atoms with Crippen LogP contribution in [-0.4, -0.2) is 20.7 Å². The molecule has 0 fully saturated rings. The van der Waals surface area contributed by atoms with E-state index in [1.807, 2.05) is 20.2 Å². The van der Waals surface area contributed by atoms with Gasteiger partial charge in [0.2, 0.25) is 0 Å². The van der Waals surface area contributed by atoms with Crippen LogP contribution in [0.5, 0.6) is 0 Å². The van der Waals surface area contributed by atoms with Crippen molar-refractivity contribution in [1.82, 2.24) is 20.1 Å². The molecule has 1 amide bonds. The Balaban J connectivity index is 2.02. The van der Waals surface area contributed by atoms with Gasteiger partial charge in [-0.2, -0.15) is 5.10 Å². The largest absolute Gasteiger partial charge is 0.346 e. The van der Waals surface area contributed by atoms with Gasteiger partial charge < -0.3 is 5.32 Å². The number of nitrogens with zero attached hydrogens (tertiary/aromatic N) is 3. The molecule has 0 aromatic carbocycles. The molecular weight excluding hydrogens is 252 g/mol.